The van der Waals surface area contributed by atoms with Gasteiger partial charge in [-0.15, -0.1) is 0 Å². The second-order valence-electron chi connectivity index (χ2n) is 13.8. The van der Waals surface area contributed by atoms with Gasteiger partial charge in [0.15, 0.2) is 0 Å². The van der Waals surface area contributed by atoms with Gasteiger partial charge in [0, 0.05) is 12.2 Å². The number of aromatic nitrogens is 2. The van der Waals surface area contributed by atoms with Crippen LogP contribution in [0.1, 0.15) is 78.1 Å². The molecule has 0 radical (unpaired) electrons. The summed E-state index contributed by atoms with van der Waals surface area (Å²) in [6.07, 6.45) is 1.99. The van der Waals surface area contributed by atoms with Gasteiger partial charge in [0.2, 0.25) is 0 Å². The first-order valence-corrected chi connectivity index (χ1v) is 17.1. The van der Waals surface area contributed by atoms with Crippen LogP contribution in [0, 0.1) is 12.8 Å². The van der Waals surface area contributed by atoms with Gasteiger partial charge in [0.1, 0.15) is 23.7 Å². The molecule has 5 aromatic rings. The van der Waals surface area contributed by atoms with Gasteiger partial charge in [-0.2, -0.15) is 5.10 Å². The van der Waals surface area contributed by atoms with Crippen molar-refractivity contribution in [2.45, 2.75) is 65.3 Å². The molecule has 1 aliphatic carbocycles. The Morgan fingerprint density at radius 1 is 0.860 bits per heavy atom. The first kappa shape index (κ1) is 34.5. The van der Waals surface area contributed by atoms with Crippen molar-refractivity contribution in [3.63, 3.8) is 0 Å². The highest BCUT2D eigenvalue weighted by Gasteiger charge is 2.24. The molecule has 1 saturated carbocycles. The first-order chi connectivity index (χ1) is 24.1. The van der Waals surface area contributed by atoms with Crippen molar-refractivity contribution in [1.29, 1.82) is 0 Å². The number of amides is 2. The van der Waals surface area contributed by atoms with Gasteiger partial charge >= 0.3 is 6.09 Å². The van der Waals surface area contributed by atoms with Crippen LogP contribution in [0.2, 0.25) is 0 Å². The average Bonchev–Trinajstić information content (AvgIpc) is 3.84. The molecule has 0 saturated heterocycles. The van der Waals surface area contributed by atoms with E-state index in [9.17, 15) is 9.59 Å². The SMILES string of the molecule is Cc1cc(C(=O)Nc2cccc(C(NCC3CC3)c3cccc(OCc4ccccc4)c3)c2)n(-c2cccc(CNC(=O)OC(C)(C)C)c2)n1. The molecule has 6 rings (SSSR count). The smallest absolute Gasteiger partial charge is 0.407 e. The molecule has 3 N–H and O–H groups in total. The maximum Gasteiger partial charge on any atom is 0.407 e. The molecule has 1 aliphatic rings. The molecule has 50 heavy (non-hydrogen) atoms. The molecule has 258 valence electrons. The quantitative estimate of drug-likeness (QED) is 0.117. The summed E-state index contributed by atoms with van der Waals surface area (Å²) in [4.78, 5) is 26.0. The summed E-state index contributed by atoms with van der Waals surface area (Å²) in [6.45, 7) is 9.01. The highest BCUT2D eigenvalue weighted by molar-refractivity contribution is 6.03. The van der Waals surface area contributed by atoms with Gasteiger partial charge in [0.05, 0.1) is 17.4 Å². The third-order valence-corrected chi connectivity index (χ3v) is 8.28. The zero-order valence-electron chi connectivity index (χ0n) is 29.1. The third kappa shape index (κ3) is 9.60. The third-order valence-electron chi connectivity index (χ3n) is 8.28. The van der Waals surface area contributed by atoms with Crippen molar-refractivity contribution < 1.29 is 19.1 Å². The van der Waals surface area contributed by atoms with E-state index >= 15 is 0 Å². The van der Waals surface area contributed by atoms with Crippen LogP contribution in [0.25, 0.3) is 5.69 Å². The van der Waals surface area contributed by atoms with E-state index in [1.807, 2.05) is 100 Å². The van der Waals surface area contributed by atoms with Gasteiger partial charge in [-0.3, -0.25) is 4.79 Å². The minimum absolute atomic E-state index is 0.0856. The first-order valence-electron chi connectivity index (χ1n) is 17.1. The monoisotopic (exact) mass is 671 g/mol. The average molecular weight is 672 g/mol. The van der Waals surface area contributed by atoms with E-state index in [0.717, 1.165) is 34.5 Å². The van der Waals surface area contributed by atoms with Crippen molar-refractivity contribution in [3.8, 4) is 11.4 Å². The topological polar surface area (TPSA) is 107 Å². The number of nitrogens with zero attached hydrogens (tertiary/aromatic N) is 2. The Morgan fingerprint density at radius 2 is 1.58 bits per heavy atom. The fourth-order valence-electron chi connectivity index (χ4n) is 5.70. The molecule has 1 atom stereocenters. The summed E-state index contributed by atoms with van der Waals surface area (Å²) in [5.41, 5.74) is 6.01. The Morgan fingerprint density at radius 3 is 2.34 bits per heavy atom. The molecule has 1 heterocycles. The highest BCUT2D eigenvalue weighted by atomic mass is 16.6. The van der Waals surface area contributed by atoms with E-state index in [1.165, 1.54) is 12.8 Å². The fourth-order valence-corrected chi connectivity index (χ4v) is 5.70. The van der Waals surface area contributed by atoms with Crippen LogP contribution < -0.4 is 20.7 Å². The zero-order valence-corrected chi connectivity index (χ0v) is 29.1. The minimum atomic E-state index is -0.586. The summed E-state index contributed by atoms with van der Waals surface area (Å²) in [5, 5.41) is 14.3. The number of aryl methyl sites for hydroxylation is 1. The predicted molar refractivity (Wildman–Crippen MR) is 196 cm³/mol. The van der Waals surface area contributed by atoms with E-state index < -0.39 is 11.7 Å². The largest absolute Gasteiger partial charge is 0.489 e. The maximum absolute atomic E-state index is 13.8. The molecule has 9 nitrogen and oxygen atoms in total. The Labute approximate surface area is 294 Å². The lowest BCUT2D eigenvalue weighted by Crippen LogP contribution is -2.32. The number of benzene rings is 4. The standard InChI is InChI=1S/C41H45N5O4/c1-28-21-37(46(45-28)35-17-8-13-31(22-35)26-43-40(48)50-41(2,3)4)39(47)44-34-16-9-14-32(23-34)38(42-25-29-19-20-29)33-15-10-18-36(24-33)49-27-30-11-6-5-7-12-30/h5-18,21-24,29,38,42H,19-20,25-27H2,1-4H3,(H,43,48)(H,44,47). The number of hydrogen-bond donors (Lipinski definition) is 3. The van der Waals surface area contributed by atoms with E-state index in [4.69, 9.17) is 9.47 Å². The van der Waals surface area contributed by atoms with Crippen molar-refractivity contribution in [2.75, 3.05) is 11.9 Å². The molecular formula is C41H45N5O4. The molecule has 9 heteroatoms. The Kier molecular flexibility index (Phi) is 10.6. The molecule has 2 amide bonds. The molecule has 1 aromatic heterocycles. The predicted octanol–water partition coefficient (Wildman–Crippen LogP) is 8.13. The Hall–Kier alpha value is -5.41. The Balaban J connectivity index is 1.18. The Bertz CT molecular complexity index is 1930. The number of alkyl carbamates (subject to hydrolysis) is 1. The van der Waals surface area contributed by atoms with Crippen LogP contribution in [0.5, 0.6) is 5.75 Å². The molecule has 1 unspecified atom stereocenters. The molecule has 1 fully saturated rings. The number of hydrogen-bond acceptors (Lipinski definition) is 6. The van der Waals surface area contributed by atoms with Crippen LogP contribution in [-0.4, -0.2) is 33.9 Å². The summed E-state index contributed by atoms with van der Waals surface area (Å²) >= 11 is 0. The second-order valence-corrected chi connectivity index (χ2v) is 13.8. The van der Waals surface area contributed by atoms with Crippen molar-refractivity contribution in [3.05, 3.63) is 143 Å². The summed E-state index contributed by atoms with van der Waals surface area (Å²) in [5.74, 6) is 1.22. The number of ether oxygens (including phenoxy) is 2. The second kappa shape index (κ2) is 15.4. The number of anilines is 1. The fraction of sp³-hybridized carbons (Fsp3) is 0.293. The molecule has 0 spiro atoms. The van der Waals surface area contributed by atoms with Crippen molar-refractivity contribution in [2.24, 2.45) is 5.92 Å². The molecule has 0 aliphatic heterocycles. The van der Waals surface area contributed by atoms with Crippen LogP contribution in [-0.2, 0) is 17.9 Å². The van der Waals surface area contributed by atoms with Crippen LogP contribution in [0.3, 0.4) is 0 Å². The van der Waals surface area contributed by atoms with Crippen molar-refractivity contribution >= 4 is 17.7 Å². The lowest BCUT2D eigenvalue weighted by molar-refractivity contribution is 0.0523. The van der Waals surface area contributed by atoms with E-state index in [0.29, 0.717) is 35.3 Å². The number of nitrogens with one attached hydrogen (secondary N) is 3. The van der Waals surface area contributed by atoms with E-state index in [-0.39, 0.29) is 18.5 Å². The number of carbonyl (C=O) groups is 2. The van der Waals surface area contributed by atoms with Crippen molar-refractivity contribution in [1.82, 2.24) is 20.4 Å². The highest BCUT2D eigenvalue weighted by Crippen LogP contribution is 2.32. The summed E-state index contributed by atoms with van der Waals surface area (Å²) in [7, 11) is 0. The normalized spacial score (nSPS) is 13.4. The van der Waals surface area contributed by atoms with Crippen LogP contribution in [0.15, 0.2) is 109 Å². The number of rotatable bonds is 13. The lowest BCUT2D eigenvalue weighted by atomic mass is 9.97. The summed E-state index contributed by atoms with van der Waals surface area (Å²) in [6, 6.07) is 35.6. The minimum Gasteiger partial charge on any atom is -0.489 e. The number of carbonyl (C=O) groups excluding carboxylic acids is 2. The van der Waals surface area contributed by atoms with Gasteiger partial charge in [0.25, 0.3) is 5.91 Å². The molecule has 0 bridgehead atoms. The van der Waals surface area contributed by atoms with E-state index in [1.54, 1.807) is 10.7 Å². The van der Waals surface area contributed by atoms with Gasteiger partial charge in [-0.05, 0) is 118 Å². The van der Waals surface area contributed by atoms with Gasteiger partial charge in [-0.1, -0.05) is 66.7 Å². The molecular weight excluding hydrogens is 626 g/mol. The van der Waals surface area contributed by atoms with Gasteiger partial charge in [-0.25, -0.2) is 9.48 Å². The van der Waals surface area contributed by atoms with E-state index in [2.05, 4.69) is 51.4 Å². The maximum atomic E-state index is 13.8. The zero-order chi connectivity index (χ0) is 35.1. The molecule has 4 aromatic carbocycles. The lowest BCUT2D eigenvalue weighted by Gasteiger charge is -2.21. The summed E-state index contributed by atoms with van der Waals surface area (Å²) < 4.78 is 13.2. The van der Waals surface area contributed by atoms with Crippen LogP contribution >= 0.6 is 0 Å². The van der Waals surface area contributed by atoms with Gasteiger partial charge < -0.3 is 25.4 Å². The van der Waals surface area contributed by atoms with Crippen LogP contribution in [0.4, 0.5) is 10.5 Å².